The summed E-state index contributed by atoms with van der Waals surface area (Å²) in [6, 6.07) is 9.66. The first kappa shape index (κ1) is 21.1. The van der Waals surface area contributed by atoms with Crippen molar-refractivity contribution in [3.63, 3.8) is 0 Å². The molecule has 4 nitrogen and oxygen atoms in total. The van der Waals surface area contributed by atoms with Crippen molar-refractivity contribution in [1.82, 2.24) is 5.32 Å². The fourth-order valence-electron chi connectivity index (χ4n) is 3.97. The molecular weight excluding hydrogens is 370 g/mol. The molecular formula is C23H28F2N4. The number of aliphatic imine (C=N–C) groups is 1. The highest BCUT2D eigenvalue weighted by Crippen LogP contribution is 2.28. The minimum Gasteiger partial charge on any atom is -0.383 e. The second kappa shape index (κ2) is 10.3. The van der Waals surface area contributed by atoms with Gasteiger partial charge in [-0.05, 0) is 42.6 Å². The van der Waals surface area contributed by atoms with Crippen LogP contribution in [0.3, 0.4) is 0 Å². The molecule has 0 radical (unpaired) electrons. The van der Waals surface area contributed by atoms with Gasteiger partial charge in [-0.3, -0.25) is 5.41 Å². The maximum absolute atomic E-state index is 15.1. The van der Waals surface area contributed by atoms with Crippen LogP contribution in [-0.2, 0) is 6.54 Å². The van der Waals surface area contributed by atoms with Crippen molar-refractivity contribution in [1.29, 1.82) is 5.41 Å². The zero-order chi connectivity index (χ0) is 20.6. The first-order valence-corrected chi connectivity index (χ1v) is 10.2. The van der Waals surface area contributed by atoms with Gasteiger partial charge in [0, 0.05) is 23.2 Å². The second-order valence-electron chi connectivity index (χ2n) is 7.58. The van der Waals surface area contributed by atoms with Crippen LogP contribution in [0.4, 0.5) is 8.78 Å². The van der Waals surface area contributed by atoms with Crippen molar-refractivity contribution < 1.29 is 8.78 Å². The van der Waals surface area contributed by atoms with Crippen LogP contribution in [0.25, 0.3) is 11.1 Å². The molecule has 0 unspecified atom stereocenters. The number of hydrogen-bond acceptors (Lipinski definition) is 2. The Labute approximate surface area is 170 Å². The highest BCUT2D eigenvalue weighted by atomic mass is 19.1. The monoisotopic (exact) mass is 398 g/mol. The Morgan fingerprint density at radius 2 is 1.97 bits per heavy atom. The standard InChI is InChI=1S/C23H28F2N4/c24-21-10-9-19(17-7-4-8-18(13-17)23(27)29-15-26)22(25)20(21)14-28-12-11-16-5-2-1-3-6-16/h4,7-10,13,15-16,28H,1-3,5-6,11-12,14H2,(H3,26,27,29). The van der Waals surface area contributed by atoms with Gasteiger partial charge in [0.2, 0.25) is 0 Å². The van der Waals surface area contributed by atoms with Gasteiger partial charge in [0.25, 0.3) is 0 Å². The smallest absolute Gasteiger partial charge is 0.138 e. The average Bonchev–Trinajstić information content (AvgIpc) is 2.74. The van der Waals surface area contributed by atoms with Crippen LogP contribution >= 0.6 is 0 Å². The van der Waals surface area contributed by atoms with E-state index >= 15 is 4.39 Å². The van der Waals surface area contributed by atoms with Crippen LogP contribution in [0, 0.1) is 23.0 Å². The van der Waals surface area contributed by atoms with Crippen LogP contribution < -0.4 is 11.1 Å². The quantitative estimate of drug-likeness (QED) is 0.332. The highest BCUT2D eigenvalue weighted by Gasteiger charge is 2.16. The molecule has 154 valence electrons. The molecule has 0 bridgehead atoms. The largest absolute Gasteiger partial charge is 0.383 e. The average molecular weight is 399 g/mol. The molecule has 3 rings (SSSR count). The van der Waals surface area contributed by atoms with Crippen LogP contribution in [0.2, 0.25) is 0 Å². The molecule has 2 aromatic rings. The van der Waals surface area contributed by atoms with E-state index in [4.69, 9.17) is 11.1 Å². The fraction of sp³-hybridized carbons (Fsp3) is 0.391. The summed E-state index contributed by atoms with van der Waals surface area (Å²) in [5.41, 5.74) is 7.37. The highest BCUT2D eigenvalue weighted by molar-refractivity contribution is 6.01. The first-order chi connectivity index (χ1) is 14.1. The Kier molecular flexibility index (Phi) is 7.47. The number of benzene rings is 2. The molecule has 0 saturated heterocycles. The molecule has 0 atom stereocenters. The summed E-state index contributed by atoms with van der Waals surface area (Å²) in [6.45, 7) is 0.926. The topological polar surface area (TPSA) is 74.3 Å². The molecule has 1 fully saturated rings. The van der Waals surface area contributed by atoms with Gasteiger partial charge in [-0.1, -0.05) is 50.3 Å². The van der Waals surface area contributed by atoms with Crippen molar-refractivity contribution in [2.24, 2.45) is 16.6 Å². The van der Waals surface area contributed by atoms with Gasteiger partial charge >= 0.3 is 0 Å². The normalized spacial score (nSPS) is 15.4. The van der Waals surface area contributed by atoms with Crippen molar-refractivity contribution in [2.75, 3.05) is 6.54 Å². The lowest BCUT2D eigenvalue weighted by molar-refractivity contribution is 0.333. The maximum Gasteiger partial charge on any atom is 0.138 e. The summed E-state index contributed by atoms with van der Waals surface area (Å²) < 4.78 is 29.4. The lowest BCUT2D eigenvalue weighted by Crippen LogP contribution is -2.20. The molecule has 0 aromatic heterocycles. The molecule has 29 heavy (non-hydrogen) atoms. The number of rotatable bonds is 8. The molecule has 4 N–H and O–H groups in total. The van der Waals surface area contributed by atoms with Crippen LogP contribution in [0.1, 0.15) is 49.7 Å². The zero-order valence-electron chi connectivity index (χ0n) is 16.6. The molecule has 1 aliphatic rings. The van der Waals surface area contributed by atoms with Gasteiger partial charge in [-0.25, -0.2) is 13.8 Å². The van der Waals surface area contributed by atoms with E-state index in [1.165, 1.54) is 44.2 Å². The third-order valence-electron chi connectivity index (χ3n) is 5.61. The maximum atomic E-state index is 15.1. The fourth-order valence-corrected chi connectivity index (χ4v) is 3.97. The van der Waals surface area contributed by atoms with E-state index in [9.17, 15) is 4.39 Å². The number of hydrogen-bond donors (Lipinski definition) is 3. The van der Waals surface area contributed by atoms with E-state index in [1.54, 1.807) is 24.3 Å². The Hall–Kier alpha value is -2.60. The predicted octanol–water partition coefficient (Wildman–Crippen LogP) is 5.00. The van der Waals surface area contributed by atoms with E-state index in [0.717, 1.165) is 25.2 Å². The minimum atomic E-state index is -0.560. The van der Waals surface area contributed by atoms with E-state index in [1.807, 2.05) is 0 Å². The van der Waals surface area contributed by atoms with Crippen molar-refractivity contribution in [2.45, 2.75) is 45.1 Å². The van der Waals surface area contributed by atoms with Crippen molar-refractivity contribution >= 4 is 12.2 Å². The van der Waals surface area contributed by atoms with Gasteiger partial charge in [0.05, 0.1) is 0 Å². The van der Waals surface area contributed by atoms with Gasteiger partial charge < -0.3 is 11.1 Å². The third-order valence-corrected chi connectivity index (χ3v) is 5.61. The number of halogens is 2. The summed E-state index contributed by atoms with van der Waals surface area (Å²) in [4.78, 5) is 3.74. The molecule has 0 amide bonds. The van der Waals surface area contributed by atoms with E-state index in [2.05, 4.69) is 10.3 Å². The molecule has 1 saturated carbocycles. The summed E-state index contributed by atoms with van der Waals surface area (Å²) in [6.07, 6.45) is 8.36. The number of nitrogens with one attached hydrogen (secondary N) is 2. The van der Waals surface area contributed by atoms with Gasteiger partial charge in [-0.2, -0.15) is 0 Å². The number of nitrogens with zero attached hydrogens (tertiary/aromatic N) is 1. The molecule has 6 heteroatoms. The van der Waals surface area contributed by atoms with E-state index < -0.39 is 11.6 Å². The third kappa shape index (κ3) is 5.48. The molecule has 1 aliphatic carbocycles. The van der Waals surface area contributed by atoms with Gasteiger partial charge in [-0.15, -0.1) is 0 Å². The van der Waals surface area contributed by atoms with Crippen LogP contribution in [0.15, 0.2) is 41.4 Å². The summed E-state index contributed by atoms with van der Waals surface area (Å²) in [7, 11) is 0. The van der Waals surface area contributed by atoms with E-state index in [0.29, 0.717) is 16.7 Å². The Balaban J connectivity index is 1.72. The van der Waals surface area contributed by atoms with E-state index in [-0.39, 0.29) is 17.9 Å². The lowest BCUT2D eigenvalue weighted by atomic mass is 9.87. The summed E-state index contributed by atoms with van der Waals surface area (Å²) in [5, 5.41) is 10.2. The SMILES string of the molecule is N=CN=C(N)c1cccc(-c2ccc(F)c(CNCCC3CCCCC3)c2F)c1. The molecule has 0 heterocycles. The number of nitrogens with two attached hydrogens (primary N) is 1. The van der Waals surface area contributed by atoms with Crippen LogP contribution in [-0.4, -0.2) is 18.7 Å². The summed E-state index contributed by atoms with van der Waals surface area (Å²) in [5.74, 6) is -0.200. The minimum absolute atomic E-state index is 0.0534. The molecule has 0 aliphatic heterocycles. The first-order valence-electron chi connectivity index (χ1n) is 10.2. The van der Waals surface area contributed by atoms with Gasteiger partial charge in [0.1, 0.15) is 23.8 Å². The van der Waals surface area contributed by atoms with Crippen molar-refractivity contribution in [3.05, 3.63) is 59.2 Å². The summed E-state index contributed by atoms with van der Waals surface area (Å²) >= 11 is 0. The predicted molar refractivity (Wildman–Crippen MR) is 114 cm³/mol. The Bertz CT molecular complexity index is 873. The lowest BCUT2D eigenvalue weighted by Gasteiger charge is -2.21. The number of amidine groups is 1. The second-order valence-corrected chi connectivity index (χ2v) is 7.58. The van der Waals surface area contributed by atoms with Gasteiger partial charge in [0.15, 0.2) is 0 Å². The zero-order valence-corrected chi connectivity index (χ0v) is 16.6. The van der Waals surface area contributed by atoms with Crippen molar-refractivity contribution in [3.8, 4) is 11.1 Å². The molecule has 2 aromatic carbocycles. The molecule has 0 spiro atoms. The van der Waals surface area contributed by atoms with Crippen LogP contribution in [0.5, 0.6) is 0 Å². The Morgan fingerprint density at radius 3 is 2.72 bits per heavy atom. The Morgan fingerprint density at radius 1 is 1.17 bits per heavy atom.